The molecule has 1 unspecified atom stereocenters. The van der Waals surface area contributed by atoms with Crippen LogP contribution in [0.3, 0.4) is 0 Å². The molecule has 5 rings (SSSR count). The predicted octanol–water partition coefficient (Wildman–Crippen LogP) is 3.60. The molecule has 2 aliphatic rings. The van der Waals surface area contributed by atoms with E-state index in [-0.39, 0.29) is 18.6 Å². The summed E-state index contributed by atoms with van der Waals surface area (Å²) < 4.78 is 16.2. The molecule has 1 atom stereocenters. The predicted molar refractivity (Wildman–Crippen MR) is 101 cm³/mol. The second-order valence-corrected chi connectivity index (χ2v) is 7.15. The van der Waals surface area contributed by atoms with E-state index in [1.165, 1.54) is 5.56 Å². The Kier molecular flexibility index (Phi) is 3.82. The SMILES string of the molecule is Cc1cccc(N2CC(c3noc(-c4ccc5c(c4)OCO5)n3)CC2=O)c1C. The Bertz CT molecular complexity index is 1080. The summed E-state index contributed by atoms with van der Waals surface area (Å²) in [6, 6.07) is 11.5. The second-order valence-electron chi connectivity index (χ2n) is 7.15. The maximum atomic E-state index is 12.6. The maximum absolute atomic E-state index is 12.6. The fraction of sp³-hybridized carbons (Fsp3) is 0.286. The first-order chi connectivity index (χ1) is 13.6. The smallest absolute Gasteiger partial charge is 0.258 e. The van der Waals surface area contributed by atoms with Crippen molar-refractivity contribution < 1.29 is 18.8 Å². The Morgan fingerprint density at radius 2 is 1.96 bits per heavy atom. The average molecular weight is 377 g/mol. The topological polar surface area (TPSA) is 77.7 Å². The van der Waals surface area contributed by atoms with Gasteiger partial charge in [-0.2, -0.15) is 4.98 Å². The third kappa shape index (κ3) is 2.70. The minimum atomic E-state index is -0.0982. The number of carbonyl (C=O) groups is 1. The summed E-state index contributed by atoms with van der Waals surface area (Å²) in [5, 5.41) is 4.13. The largest absolute Gasteiger partial charge is 0.454 e. The number of aromatic nitrogens is 2. The van der Waals surface area contributed by atoms with E-state index >= 15 is 0 Å². The summed E-state index contributed by atoms with van der Waals surface area (Å²) in [6.45, 7) is 4.85. The molecule has 1 saturated heterocycles. The van der Waals surface area contributed by atoms with Crippen LogP contribution < -0.4 is 14.4 Å². The molecular formula is C21H19N3O4. The number of benzene rings is 2. The van der Waals surface area contributed by atoms with Crippen molar-refractivity contribution in [3.8, 4) is 23.0 Å². The number of nitrogens with zero attached hydrogens (tertiary/aromatic N) is 3. The Morgan fingerprint density at radius 3 is 2.86 bits per heavy atom. The molecule has 0 aliphatic carbocycles. The average Bonchev–Trinajstić information content (AvgIpc) is 3.42. The number of ether oxygens (including phenoxy) is 2. The molecule has 7 heteroatoms. The summed E-state index contributed by atoms with van der Waals surface area (Å²) >= 11 is 0. The van der Waals surface area contributed by atoms with Crippen LogP contribution in [0.15, 0.2) is 40.9 Å². The highest BCUT2D eigenvalue weighted by Crippen LogP contribution is 2.37. The Hall–Kier alpha value is -3.35. The van der Waals surface area contributed by atoms with Crippen LogP contribution in [0.5, 0.6) is 11.5 Å². The van der Waals surface area contributed by atoms with E-state index in [0.29, 0.717) is 36.2 Å². The molecule has 0 spiro atoms. The number of fused-ring (bicyclic) bond motifs is 1. The van der Waals surface area contributed by atoms with Gasteiger partial charge in [-0.1, -0.05) is 17.3 Å². The van der Waals surface area contributed by atoms with Gasteiger partial charge in [-0.15, -0.1) is 0 Å². The summed E-state index contributed by atoms with van der Waals surface area (Å²) in [6.07, 6.45) is 0.369. The van der Waals surface area contributed by atoms with Gasteiger partial charge in [0.2, 0.25) is 12.7 Å². The van der Waals surface area contributed by atoms with Crippen LogP contribution in [0.25, 0.3) is 11.5 Å². The number of anilines is 1. The number of hydrogen-bond donors (Lipinski definition) is 0. The third-order valence-electron chi connectivity index (χ3n) is 5.42. The molecule has 1 aromatic heterocycles. The van der Waals surface area contributed by atoms with Crippen molar-refractivity contribution in [1.82, 2.24) is 10.1 Å². The lowest BCUT2D eigenvalue weighted by Gasteiger charge is -2.19. The van der Waals surface area contributed by atoms with Crippen molar-refractivity contribution in [1.29, 1.82) is 0 Å². The Labute approximate surface area is 161 Å². The molecule has 1 amide bonds. The molecule has 2 aliphatic heterocycles. The van der Waals surface area contributed by atoms with E-state index in [2.05, 4.69) is 10.1 Å². The summed E-state index contributed by atoms with van der Waals surface area (Å²) in [4.78, 5) is 19.0. The van der Waals surface area contributed by atoms with E-state index in [0.717, 1.165) is 16.8 Å². The van der Waals surface area contributed by atoms with Gasteiger partial charge >= 0.3 is 0 Å². The lowest BCUT2D eigenvalue weighted by Crippen LogP contribution is -2.25. The van der Waals surface area contributed by atoms with Crippen molar-refractivity contribution in [2.45, 2.75) is 26.2 Å². The van der Waals surface area contributed by atoms with Crippen molar-refractivity contribution in [2.24, 2.45) is 0 Å². The highest BCUT2D eigenvalue weighted by Gasteiger charge is 2.35. The van der Waals surface area contributed by atoms with Crippen molar-refractivity contribution >= 4 is 11.6 Å². The lowest BCUT2D eigenvalue weighted by molar-refractivity contribution is -0.117. The number of rotatable bonds is 3. The quantitative estimate of drug-likeness (QED) is 0.694. The van der Waals surface area contributed by atoms with Gasteiger partial charge in [0, 0.05) is 30.1 Å². The summed E-state index contributed by atoms with van der Waals surface area (Å²) in [7, 11) is 0. The van der Waals surface area contributed by atoms with Crippen molar-refractivity contribution in [3.05, 3.63) is 53.3 Å². The molecule has 1 fully saturated rings. The first-order valence-electron chi connectivity index (χ1n) is 9.20. The number of amides is 1. The maximum Gasteiger partial charge on any atom is 0.258 e. The van der Waals surface area contributed by atoms with Crippen LogP contribution in [-0.2, 0) is 4.79 Å². The standard InChI is InChI=1S/C21H19N3O4/c1-12-4-3-5-16(13(12)2)24-10-15(9-19(24)25)20-22-21(28-23-20)14-6-7-17-18(8-14)27-11-26-17/h3-8,15H,9-11H2,1-2H3. The van der Waals surface area contributed by atoms with Crippen LogP contribution in [0, 0.1) is 13.8 Å². The van der Waals surface area contributed by atoms with E-state index in [9.17, 15) is 4.79 Å². The molecule has 3 aromatic rings. The first-order valence-corrected chi connectivity index (χ1v) is 9.20. The molecule has 0 saturated carbocycles. The van der Waals surface area contributed by atoms with Crippen LogP contribution >= 0.6 is 0 Å². The Morgan fingerprint density at radius 1 is 1.11 bits per heavy atom. The third-order valence-corrected chi connectivity index (χ3v) is 5.42. The van der Waals surface area contributed by atoms with Crippen LogP contribution in [-0.4, -0.2) is 29.4 Å². The molecule has 142 valence electrons. The molecule has 3 heterocycles. The van der Waals surface area contributed by atoms with Gasteiger partial charge in [0.25, 0.3) is 5.89 Å². The van der Waals surface area contributed by atoms with Gasteiger partial charge in [-0.3, -0.25) is 4.79 Å². The monoisotopic (exact) mass is 377 g/mol. The van der Waals surface area contributed by atoms with Gasteiger partial charge in [0.05, 0.1) is 0 Å². The molecule has 28 heavy (non-hydrogen) atoms. The molecule has 0 radical (unpaired) electrons. The molecule has 0 N–H and O–H groups in total. The normalized spacial score (nSPS) is 18.1. The zero-order valence-electron chi connectivity index (χ0n) is 15.6. The van der Waals surface area contributed by atoms with Gasteiger partial charge < -0.3 is 18.9 Å². The fourth-order valence-corrected chi connectivity index (χ4v) is 3.69. The number of aryl methyl sites for hydroxylation is 1. The van der Waals surface area contributed by atoms with Crippen molar-refractivity contribution in [2.75, 3.05) is 18.2 Å². The minimum Gasteiger partial charge on any atom is -0.454 e. The molecule has 7 nitrogen and oxygen atoms in total. The van der Waals surface area contributed by atoms with Gasteiger partial charge in [-0.25, -0.2) is 0 Å². The van der Waals surface area contributed by atoms with E-state index in [4.69, 9.17) is 14.0 Å². The summed E-state index contributed by atoms with van der Waals surface area (Å²) in [5.41, 5.74) is 4.00. The second kappa shape index (κ2) is 6.37. The van der Waals surface area contributed by atoms with Crippen molar-refractivity contribution in [3.63, 3.8) is 0 Å². The first kappa shape index (κ1) is 16.8. The van der Waals surface area contributed by atoms with E-state index < -0.39 is 0 Å². The highest BCUT2D eigenvalue weighted by molar-refractivity contribution is 5.97. The van der Waals surface area contributed by atoms with Gasteiger partial charge in [-0.05, 0) is 49.2 Å². The zero-order valence-corrected chi connectivity index (χ0v) is 15.6. The molecule has 0 bridgehead atoms. The van der Waals surface area contributed by atoms with E-state index in [1.54, 1.807) is 0 Å². The van der Waals surface area contributed by atoms with E-state index in [1.807, 2.05) is 55.1 Å². The van der Waals surface area contributed by atoms with Crippen LogP contribution in [0.2, 0.25) is 0 Å². The molecule has 2 aromatic carbocycles. The van der Waals surface area contributed by atoms with Gasteiger partial charge in [0.15, 0.2) is 17.3 Å². The molecular weight excluding hydrogens is 358 g/mol. The number of carbonyl (C=O) groups excluding carboxylic acids is 1. The summed E-state index contributed by atoms with van der Waals surface area (Å²) in [5.74, 6) is 2.30. The van der Waals surface area contributed by atoms with Crippen LogP contribution in [0.1, 0.15) is 29.3 Å². The van der Waals surface area contributed by atoms with Gasteiger partial charge in [0.1, 0.15) is 0 Å². The minimum absolute atomic E-state index is 0.0770. The highest BCUT2D eigenvalue weighted by atomic mass is 16.7. The fourth-order valence-electron chi connectivity index (χ4n) is 3.69. The lowest BCUT2D eigenvalue weighted by atomic mass is 10.1. The Balaban J connectivity index is 1.39. The van der Waals surface area contributed by atoms with Crippen LogP contribution in [0.4, 0.5) is 5.69 Å². The number of hydrogen-bond acceptors (Lipinski definition) is 6. The zero-order chi connectivity index (χ0) is 19.3.